The Hall–Kier alpha value is 1.96. The minimum atomic E-state index is -2.57. The molecule has 5 heteroatoms. The predicted octanol–water partition coefficient (Wildman–Crippen LogP) is 2.50. The van der Waals surface area contributed by atoms with Gasteiger partial charge in [-0.05, 0) is 0 Å². The molecule has 0 spiro atoms. The van der Waals surface area contributed by atoms with E-state index in [1.54, 1.807) is 0 Å². The van der Waals surface area contributed by atoms with Crippen molar-refractivity contribution in [2.24, 2.45) is 0 Å². The zero-order valence-corrected chi connectivity index (χ0v) is 10.0. The Labute approximate surface area is 72.0 Å². The average molecular weight is 303 g/mol. The molecule has 0 aliphatic carbocycles. The first-order valence-corrected chi connectivity index (χ1v) is 13.3. The summed E-state index contributed by atoms with van der Waals surface area (Å²) in [6.45, 7) is 0. The van der Waals surface area contributed by atoms with Crippen LogP contribution in [-0.4, -0.2) is 28.9 Å². The van der Waals surface area contributed by atoms with Gasteiger partial charge in [0.05, 0.1) is 0 Å². The van der Waals surface area contributed by atoms with Crippen molar-refractivity contribution < 1.29 is 0 Å². The number of hydrogen-bond donors (Lipinski definition) is 0. The normalized spacial score (nSPS) is 12.0. The fraction of sp³-hybridized carbons (Fsp3) is 1.00. The van der Waals surface area contributed by atoms with Crippen molar-refractivity contribution in [3.8, 4) is 0 Å². The third-order valence-electron chi connectivity index (χ3n) is 0.718. The molecule has 0 saturated carbocycles. The second-order valence-electron chi connectivity index (χ2n) is 1.55. The number of hydrogen-bond acceptors (Lipinski definition) is 0. The summed E-state index contributed by atoms with van der Waals surface area (Å²) in [6, 6.07) is 0. The molecule has 0 nitrogen and oxygen atoms in total. The van der Waals surface area contributed by atoms with Crippen LogP contribution in [0.5, 0.6) is 0 Å². The SMILES string of the molecule is Cl[CH2][Sn]([Cl])([CH2]Cl)[CH2]Cl. The monoisotopic (exact) mass is 302 g/mol. The van der Waals surface area contributed by atoms with Crippen molar-refractivity contribution >= 4 is 61.0 Å². The molecule has 0 aromatic carbocycles. The van der Waals surface area contributed by atoms with Crippen molar-refractivity contribution in [1.82, 2.24) is 0 Å². The van der Waals surface area contributed by atoms with Crippen LogP contribution in [0.25, 0.3) is 0 Å². The third kappa shape index (κ3) is 3.21. The first-order valence-electron chi connectivity index (χ1n) is 2.05. The van der Waals surface area contributed by atoms with Crippen LogP contribution >= 0.6 is 43.7 Å². The maximum absolute atomic E-state index is 5.91. The summed E-state index contributed by atoms with van der Waals surface area (Å²) in [5, 5.41) is 0. The van der Waals surface area contributed by atoms with E-state index in [2.05, 4.69) is 0 Å². The Morgan fingerprint density at radius 3 is 1.12 bits per heavy atom. The van der Waals surface area contributed by atoms with Gasteiger partial charge in [-0.2, -0.15) is 0 Å². The minimum absolute atomic E-state index is 0.503. The fourth-order valence-corrected chi connectivity index (χ4v) is 6.47. The molecule has 0 unspecified atom stereocenters. The van der Waals surface area contributed by atoms with Crippen LogP contribution in [0.3, 0.4) is 0 Å². The fourth-order valence-electron chi connectivity index (χ4n) is 0.107. The molecule has 0 aliphatic rings. The average Bonchev–Trinajstić information content (AvgIpc) is 1.87. The number of halogens is 4. The van der Waals surface area contributed by atoms with Crippen LogP contribution < -0.4 is 0 Å². The quantitative estimate of drug-likeness (QED) is 0.555. The summed E-state index contributed by atoms with van der Waals surface area (Å²) < 4.78 is 1.51. The van der Waals surface area contributed by atoms with Crippen LogP contribution in [0.1, 0.15) is 0 Å². The van der Waals surface area contributed by atoms with Crippen LogP contribution in [0, 0.1) is 0 Å². The first kappa shape index (κ1) is 9.96. The summed E-state index contributed by atoms with van der Waals surface area (Å²) in [4.78, 5) is 0. The van der Waals surface area contributed by atoms with Crippen molar-refractivity contribution in [2.45, 2.75) is 0 Å². The number of rotatable bonds is 3. The van der Waals surface area contributed by atoms with Crippen molar-refractivity contribution in [1.29, 1.82) is 0 Å². The van der Waals surface area contributed by atoms with E-state index in [0.717, 1.165) is 0 Å². The van der Waals surface area contributed by atoms with E-state index in [9.17, 15) is 0 Å². The van der Waals surface area contributed by atoms with Gasteiger partial charge in [-0.15, -0.1) is 0 Å². The van der Waals surface area contributed by atoms with Gasteiger partial charge in [-0.3, -0.25) is 0 Å². The van der Waals surface area contributed by atoms with E-state index < -0.39 is 17.3 Å². The van der Waals surface area contributed by atoms with E-state index in [4.69, 9.17) is 43.7 Å². The van der Waals surface area contributed by atoms with Crippen molar-refractivity contribution in [3.05, 3.63) is 0 Å². The predicted molar refractivity (Wildman–Crippen MR) is 43.8 cm³/mol. The van der Waals surface area contributed by atoms with E-state index >= 15 is 0 Å². The van der Waals surface area contributed by atoms with Gasteiger partial charge in [-0.25, -0.2) is 0 Å². The molecule has 0 radical (unpaired) electrons. The summed E-state index contributed by atoms with van der Waals surface area (Å²) in [5.41, 5.74) is 0. The molecular weight excluding hydrogens is 297 g/mol. The van der Waals surface area contributed by atoms with E-state index in [1.165, 1.54) is 0 Å². The van der Waals surface area contributed by atoms with Crippen LogP contribution in [0.4, 0.5) is 0 Å². The summed E-state index contributed by atoms with van der Waals surface area (Å²) in [5.74, 6) is 0. The van der Waals surface area contributed by atoms with Gasteiger partial charge in [0.1, 0.15) is 0 Å². The second-order valence-corrected chi connectivity index (χ2v) is 21.2. The van der Waals surface area contributed by atoms with Gasteiger partial charge in [-0.1, -0.05) is 0 Å². The summed E-state index contributed by atoms with van der Waals surface area (Å²) in [7, 11) is 5.91. The van der Waals surface area contributed by atoms with Gasteiger partial charge < -0.3 is 0 Å². The Kier molecular flexibility index (Phi) is 5.88. The maximum atomic E-state index is 5.91. The molecule has 0 aliphatic heterocycles. The Balaban J connectivity index is 3.58. The molecule has 0 heterocycles. The zero-order chi connectivity index (χ0) is 6.62. The molecule has 0 amide bonds. The first-order chi connectivity index (χ1) is 3.68. The van der Waals surface area contributed by atoms with Crippen molar-refractivity contribution in [3.63, 3.8) is 0 Å². The molecule has 0 saturated heterocycles. The Bertz CT molecular complexity index is 54.0. The van der Waals surface area contributed by atoms with Crippen LogP contribution in [0.15, 0.2) is 0 Å². The topological polar surface area (TPSA) is 0 Å². The third-order valence-corrected chi connectivity index (χ3v) is 20.6. The molecule has 0 aromatic rings. The van der Waals surface area contributed by atoms with Gasteiger partial charge in [0.2, 0.25) is 0 Å². The number of alkyl halides is 3. The molecular formula is C3H6Cl4Sn. The Morgan fingerprint density at radius 1 is 0.875 bits per heavy atom. The van der Waals surface area contributed by atoms with Gasteiger partial charge in [0.25, 0.3) is 0 Å². The molecule has 0 fully saturated rings. The van der Waals surface area contributed by atoms with Gasteiger partial charge in [0, 0.05) is 0 Å². The molecule has 0 N–H and O–H groups in total. The van der Waals surface area contributed by atoms with E-state index in [0.29, 0.717) is 11.7 Å². The Morgan fingerprint density at radius 2 is 1.12 bits per heavy atom. The zero-order valence-electron chi connectivity index (χ0n) is 4.13. The molecule has 0 bridgehead atoms. The van der Waals surface area contributed by atoms with Crippen LogP contribution in [-0.2, 0) is 0 Å². The molecule has 8 heavy (non-hydrogen) atoms. The van der Waals surface area contributed by atoms with Gasteiger partial charge >= 0.3 is 72.7 Å². The summed E-state index contributed by atoms with van der Waals surface area (Å²) >= 11 is 13.9. The second kappa shape index (κ2) is 4.73. The molecule has 0 aromatic heterocycles. The van der Waals surface area contributed by atoms with E-state index in [1.807, 2.05) is 0 Å². The van der Waals surface area contributed by atoms with Crippen LogP contribution in [0.2, 0.25) is 0 Å². The van der Waals surface area contributed by atoms with Crippen molar-refractivity contribution in [2.75, 3.05) is 11.7 Å². The van der Waals surface area contributed by atoms with Gasteiger partial charge in [0.15, 0.2) is 0 Å². The van der Waals surface area contributed by atoms with E-state index in [-0.39, 0.29) is 0 Å². The molecule has 0 atom stereocenters. The standard InChI is InChI=1S/3CH2Cl.ClH.Sn/c3*1-2;;/h3*1H2;1H;/q;;;;+1/p-1. The molecule has 0 rings (SSSR count). The molecule has 50 valence electrons. The summed E-state index contributed by atoms with van der Waals surface area (Å²) in [6.07, 6.45) is 0.